The zero-order valence-corrected chi connectivity index (χ0v) is 20.8. The molecule has 1 fully saturated rings. The normalized spacial score (nSPS) is 19.9. The van der Waals surface area contributed by atoms with Crippen molar-refractivity contribution in [3.8, 4) is 0 Å². The quantitative estimate of drug-likeness (QED) is 0.531. The zero-order chi connectivity index (χ0) is 24.9. The summed E-state index contributed by atoms with van der Waals surface area (Å²) in [6.45, 7) is 6.44. The number of hydrogen-bond acceptors (Lipinski definition) is 6. The van der Waals surface area contributed by atoms with Crippen LogP contribution in [0.5, 0.6) is 0 Å². The van der Waals surface area contributed by atoms with Crippen molar-refractivity contribution in [2.24, 2.45) is 5.92 Å². The number of esters is 1. The van der Waals surface area contributed by atoms with E-state index in [9.17, 15) is 18.0 Å². The summed E-state index contributed by atoms with van der Waals surface area (Å²) in [6, 6.07) is 15.4. The molecule has 0 aliphatic carbocycles. The standard InChI is InChI=1S/C25H32N2O6S/c1-18(25(29)32-4)14-26(17-21-8-6-5-7-9-21)24(28)22-10-12-23(13-11-22)34(30,31)27-15-19(2)33-20(3)16-27/h5-13,18-20H,14-17H2,1-4H3. The van der Waals surface area contributed by atoms with Crippen molar-refractivity contribution in [3.63, 3.8) is 0 Å². The van der Waals surface area contributed by atoms with Gasteiger partial charge in [-0.3, -0.25) is 9.59 Å². The van der Waals surface area contributed by atoms with Crippen molar-refractivity contribution >= 4 is 21.9 Å². The first-order valence-electron chi connectivity index (χ1n) is 11.3. The van der Waals surface area contributed by atoms with E-state index < -0.39 is 21.9 Å². The van der Waals surface area contributed by atoms with Gasteiger partial charge in [-0.2, -0.15) is 4.31 Å². The number of carbonyl (C=O) groups excluding carboxylic acids is 2. The Balaban J connectivity index is 1.81. The van der Waals surface area contributed by atoms with Crippen LogP contribution in [0, 0.1) is 5.92 Å². The number of nitrogens with zero attached hydrogens (tertiary/aromatic N) is 2. The summed E-state index contributed by atoms with van der Waals surface area (Å²) in [4.78, 5) is 27.0. The van der Waals surface area contributed by atoms with Crippen LogP contribution in [-0.2, 0) is 30.8 Å². The first-order valence-corrected chi connectivity index (χ1v) is 12.7. The average Bonchev–Trinajstić information content (AvgIpc) is 2.82. The molecule has 3 atom stereocenters. The average molecular weight is 489 g/mol. The first kappa shape index (κ1) is 25.9. The highest BCUT2D eigenvalue weighted by molar-refractivity contribution is 7.89. The largest absolute Gasteiger partial charge is 0.469 e. The Kier molecular flexibility index (Phi) is 8.46. The minimum absolute atomic E-state index is 0.128. The van der Waals surface area contributed by atoms with Gasteiger partial charge in [0.15, 0.2) is 0 Å². The van der Waals surface area contributed by atoms with Gasteiger partial charge in [0.1, 0.15) is 0 Å². The van der Waals surface area contributed by atoms with Gasteiger partial charge in [0, 0.05) is 31.7 Å². The van der Waals surface area contributed by atoms with E-state index in [1.54, 1.807) is 11.8 Å². The summed E-state index contributed by atoms with van der Waals surface area (Å²) < 4.78 is 38.1. The fourth-order valence-corrected chi connectivity index (χ4v) is 5.65. The lowest BCUT2D eigenvalue weighted by Gasteiger charge is -2.34. The SMILES string of the molecule is COC(=O)C(C)CN(Cc1ccccc1)C(=O)c1ccc(S(=O)(=O)N2CC(C)OC(C)C2)cc1. The number of methoxy groups -OCH3 is 1. The predicted octanol–water partition coefficient (Wildman–Crippen LogP) is 2.94. The van der Waals surface area contributed by atoms with E-state index in [1.165, 1.54) is 35.7 Å². The maximum absolute atomic E-state index is 13.3. The van der Waals surface area contributed by atoms with Crippen molar-refractivity contribution in [2.45, 2.75) is 44.4 Å². The van der Waals surface area contributed by atoms with Crippen LogP contribution in [0.1, 0.15) is 36.7 Å². The smallest absolute Gasteiger partial charge is 0.310 e. The molecule has 2 aromatic rings. The van der Waals surface area contributed by atoms with E-state index in [2.05, 4.69) is 0 Å². The molecule has 2 aromatic carbocycles. The van der Waals surface area contributed by atoms with Crippen LogP contribution in [-0.4, -0.2) is 68.5 Å². The summed E-state index contributed by atoms with van der Waals surface area (Å²) in [6.07, 6.45) is -0.384. The van der Waals surface area contributed by atoms with Gasteiger partial charge >= 0.3 is 5.97 Å². The lowest BCUT2D eigenvalue weighted by molar-refractivity contribution is -0.145. The van der Waals surface area contributed by atoms with Gasteiger partial charge in [0.25, 0.3) is 5.91 Å². The maximum atomic E-state index is 13.3. The molecule has 9 heteroatoms. The van der Waals surface area contributed by atoms with E-state index in [1.807, 2.05) is 44.2 Å². The van der Waals surface area contributed by atoms with Crippen molar-refractivity contribution in [1.82, 2.24) is 9.21 Å². The molecular formula is C25H32N2O6S. The van der Waals surface area contributed by atoms with E-state index >= 15 is 0 Å². The molecule has 1 aliphatic rings. The summed E-state index contributed by atoms with van der Waals surface area (Å²) >= 11 is 0. The van der Waals surface area contributed by atoms with Crippen LogP contribution in [0.25, 0.3) is 0 Å². The first-order chi connectivity index (χ1) is 16.1. The number of hydrogen-bond donors (Lipinski definition) is 0. The molecule has 0 aromatic heterocycles. The molecule has 0 spiro atoms. The Morgan fingerprint density at radius 2 is 1.65 bits per heavy atom. The van der Waals surface area contributed by atoms with E-state index in [4.69, 9.17) is 9.47 Å². The van der Waals surface area contributed by atoms with Crippen LogP contribution in [0.15, 0.2) is 59.5 Å². The van der Waals surface area contributed by atoms with Crippen molar-refractivity contribution in [2.75, 3.05) is 26.7 Å². The van der Waals surface area contributed by atoms with Crippen molar-refractivity contribution in [3.05, 3.63) is 65.7 Å². The second-order valence-electron chi connectivity index (χ2n) is 8.70. The minimum atomic E-state index is -3.71. The van der Waals surface area contributed by atoms with E-state index in [0.717, 1.165) is 5.56 Å². The highest BCUT2D eigenvalue weighted by Crippen LogP contribution is 2.22. The summed E-state index contributed by atoms with van der Waals surface area (Å²) in [5.74, 6) is -1.21. The third-order valence-corrected chi connectivity index (χ3v) is 7.57. The Labute approximate surface area is 201 Å². The molecule has 0 N–H and O–H groups in total. The highest BCUT2D eigenvalue weighted by Gasteiger charge is 2.32. The van der Waals surface area contributed by atoms with Crippen molar-refractivity contribution in [1.29, 1.82) is 0 Å². The van der Waals surface area contributed by atoms with Gasteiger partial charge in [-0.05, 0) is 43.7 Å². The summed E-state index contributed by atoms with van der Waals surface area (Å²) in [7, 11) is -2.39. The topological polar surface area (TPSA) is 93.2 Å². The second kappa shape index (κ2) is 11.1. The number of morpholine rings is 1. The monoisotopic (exact) mass is 488 g/mol. The Morgan fingerprint density at radius 3 is 2.21 bits per heavy atom. The fraction of sp³-hybridized carbons (Fsp3) is 0.440. The maximum Gasteiger partial charge on any atom is 0.310 e. The van der Waals surface area contributed by atoms with Gasteiger partial charge in [-0.15, -0.1) is 0 Å². The third kappa shape index (κ3) is 6.22. The van der Waals surface area contributed by atoms with Crippen molar-refractivity contribution < 1.29 is 27.5 Å². The zero-order valence-electron chi connectivity index (χ0n) is 20.0. The number of amides is 1. The molecule has 1 heterocycles. The molecule has 1 aliphatic heterocycles. The number of carbonyl (C=O) groups is 2. The molecule has 0 bridgehead atoms. The van der Waals surface area contributed by atoms with Gasteiger partial charge in [0.2, 0.25) is 10.0 Å². The summed E-state index contributed by atoms with van der Waals surface area (Å²) in [5.41, 5.74) is 1.26. The van der Waals surface area contributed by atoms with Crippen LogP contribution in [0.4, 0.5) is 0 Å². The summed E-state index contributed by atoms with van der Waals surface area (Å²) in [5, 5.41) is 0. The van der Waals surface area contributed by atoms with Crippen LogP contribution < -0.4 is 0 Å². The minimum Gasteiger partial charge on any atom is -0.469 e. The van der Waals surface area contributed by atoms with Gasteiger partial charge in [0.05, 0.1) is 30.1 Å². The Bertz CT molecular complexity index is 1080. The highest BCUT2D eigenvalue weighted by atomic mass is 32.2. The van der Waals surface area contributed by atoms with Gasteiger partial charge < -0.3 is 14.4 Å². The molecule has 8 nitrogen and oxygen atoms in total. The molecular weight excluding hydrogens is 456 g/mol. The lowest BCUT2D eigenvalue weighted by atomic mass is 10.1. The molecule has 3 unspecified atom stereocenters. The Hall–Kier alpha value is -2.75. The van der Waals surface area contributed by atoms with Crippen LogP contribution >= 0.6 is 0 Å². The molecule has 0 saturated carbocycles. The number of ether oxygens (including phenoxy) is 2. The van der Waals surface area contributed by atoms with Crippen LogP contribution in [0.3, 0.4) is 0 Å². The number of benzene rings is 2. The van der Waals surface area contributed by atoms with Crippen LogP contribution in [0.2, 0.25) is 0 Å². The fourth-order valence-electron chi connectivity index (χ4n) is 4.06. The van der Waals surface area contributed by atoms with Gasteiger partial charge in [-0.25, -0.2) is 8.42 Å². The number of sulfonamides is 1. The molecule has 0 radical (unpaired) electrons. The molecule has 34 heavy (non-hydrogen) atoms. The molecule has 1 amide bonds. The van der Waals surface area contributed by atoms with E-state index in [0.29, 0.717) is 12.1 Å². The Morgan fingerprint density at radius 1 is 1.06 bits per heavy atom. The third-order valence-electron chi connectivity index (χ3n) is 5.73. The molecule has 3 rings (SSSR count). The van der Waals surface area contributed by atoms with E-state index in [-0.39, 0.29) is 42.6 Å². The molecule has 1 saturated heterocycles. The predicted molar refractivity (Wildman–Crippen MR) is 128 cm³/mol. The number of rotatable bonds is 8. The lowest BCUT2D eigenvalue weighted by Crippen LogP contribution is -2.48. The van der Waals surface area contributed by atoms with Gasteiger partial charge in [-0.1, -0.05) is 37.3 Å². The molecule has 184 valence electrons. The second-order valence-corrected chi connectivity index (χ2v) is 10.6.